The van der Waals surface area contributed by atoms with Crippen molar-refractivity contribution in [3.63, 3.8) is 0 Å². The summed E-state index contributed by atoms with van der Waals surface area (Å²) in [7, 11) is 8.34. The Labute approximate surface area is 170 Å². The molecule has 5 nitrogen and oxygen atoms in total. The number of rotatable bonds is 7. The summed E-state index contributed by atoms with van der Waals surface area (Å²) in [4.78, 5) is 11.8. The normalized spacial score (nSPS) is 15.0. The number of hydrogen-bond donors (Lipinski definition) is 0. The summed E-state index contributed by atoms with van der Waals surface area (Å²) in [6.07, 6.45) is 2.46. The standard InChI is InChI=1S/C23H35N5/c1-6-7-16-26-17-27(22-12-8-20(9-13-22)24(2)3)19-28(18-26)23-14-10-21(11-15-23)25(4)5/h8-15H,6-7,16-19H2,1-5H3. The first-order valence-corrected chi connectivity index (χ1v) is 10.2. The molecule has 0 spiro atoms. The quantitative estimate of drug-likeness (QED) is 0.715. The molecule has 5 heteroatoms. The Morgan fingerprint density at radius 1 is 0.679 bits per heavy atom. The Morgan fingerprint density at radius 3 is 1.46 bits per heavy atom. The van der Waals surface area contributed by atoms with Gasteiger partial charge in [-0.25, -0.2) is 0 Å². The summed E-state index contributed by atoms with van der Waals surface area (Å²) in [6, 6.07) is 17.8. The Balaban J connectivity index is 1.80. The number of anilines is 4. The lowest BCUT2D eigenvalue weighted by Crippen LogP contribution is -2.55. The average molecular weight is 382 g/mol. The van der Waals surface area contributed by atoms with Crippen molar-refractivity contribution in [2.75, 3.05) is 74.3 Å². The van der Waals surface area contributed by atoms with E-state index >= 15 is 0 Å². The van der Waals surface area contributed by atoms with Crippen molar-refractivity contribution in [3.05, 3.63) is 48.5 Å². The first-order valence-electron chi connectivity index (χ1n) is 10.2. The number of nitrogens with zero attached hydrogens (tertiary/aromatic N) is 5. The van der Waals surface area contributed by atoms with Crippen LogP contribution in [0.15, 0.2) is 48.5 Å². The summed E-state index contributed by atoms with van der Waals surface area (Å²) in [6.45, 7) is 6.26. The maximum absolute atomic E-state index is 2.55. The van der Waals surface area contributed by atoms with E-state index < -0.39 is 0 Å². The smallest absolute Gasteiger partial charge is 0.0928 e. The second-order valence-electron chi connectivity index (χ2n) is 8.07. The molecule has 0 bridgehead atoms. The van der Waals surface area contributed by atoms with Gasteiger partial charge in [-0.3, -0.25) is 4.90 Å². The van der Waals surface area contributed by atoms with Gasteiger partial charge in [0.05, 0.1) is 20.0 Å². The second kappa shape index (κ2) is 9.20. The maximum Gasteiger partial charge on any atom is 0.0928 e. The molecule has 0 unspecified atom stereocenters. The van der Waals surface area contributed by atoms with Crippen LogP contribution in [0.25, 0.3) is 0 Å². The SMILES string of the molecule is CCCCN1CN(c2ccc(N(C)C)cc2)CN(c2ccc(N(C)C)cc2)C1. The van der Waals surface area contributed by atoms with Gasteiger partial charge < -0.3 is 19.6 Å². The first kappa shape index (κ1) is 20.3. The molecule has 152 valence electrons. The van der Waals surface area contributed by atoms with Crippen LogP contribution < -0.4 is 19.6 Å². The largest absolute Gasteiger partial charge is 0.378 e. The Hall–Kier alpha value is -2.40. The summed E-state index contributed by atoms with van der Waals surface area (Å²) in [5.74, 6) is 0. The summed E-state index contributed by atoms with van der Waals surface area (Å²) in [5.41, 5.74) is 5.03. The molecule has 0 atom stereocenters. The van der Waals surface area contributed by atoms with E-state index in [0.717, 1.165) is 26.6 Å². The molecule has 1 aliphatic rings. The molecule has 0 aliphatic carbocycles. The van der Waals surface area contributed by atoms with E-state index in [-0.39, 0.29) is 0 Å². The molecule has 3 rings (SSSR count). The van der Waals surface area contributed by atoms with Crippen LogP contribution in [0.3, 0.4) is 0 Å². The Morgan fingerprint density at radius 2 is 1.11 bits per heavy atom. The lowest BCUT2D eigenvalue weighted by atomic mass is 10.2. The molecule has 0 radical (unpaired) electrons. The van der Waals surface area contributed by atoms with Crippen molar-refractivity contribution in [3.8, 4) is 0 Å². The fourth-order valence-corrected chi connectivity index (χ4v) is 3.60. The molecule has 0 saturated carbocycles. The highest BCUT2D eigenvalue weighted by Crippen LogP contribution is 2.26. The van der Waals surface area contributed by atoms with E-state index in [1.54, 1.807) is 0 Å². The molecule has 0 amide bonds. The van der Waals surface area contributed by atoms with Crippen LogP contribution in [0.4, 0.5) is 22.7 Å². The van der Waals surface area contributed by atoms with E-state index in [4.69, 9.17) is 0 Å². The molecule has 2 aromatic rings. The van der Waals surface area contributed by atoms with Crippen LogP contribution in [0.1, 0.15) is 19.8 Å². The zero-order valence-corrected chi connectivity index (χ0v) is 18.1. The molecule has 1 fully saturated rings. The van der Waals surface area contributed by atoms with Gasteiger partial charge in [-0.1, -0.05) is 13.3 Å². The van der Waals surface area contributed by atoms with Gasteiger partial charge >= 0.3 is 0 Å². The lowest BCUT2D eigenvalue weighted by molar-refractivity contribution is 0.238. The minimum absolute atomic E-state index is 0.908. The third-order valence-corrected chi connectivity index (χ3v) is 5.37. The zero-order chi connectivity index (χ0) is 20.1. The second-order valence-corrected chi connectivity index (χ2v) is 8.07. The van der Waals surface area contributed by atoms with E-state index in [1.165, 1.54) is 35.6 Å². The minimum Gasteiger partial charge on any atom is -0.378 e. The minimum atomic E-state index is 0.908. The van der Waals surface area contributed by atoms with E-state index in [9.17, 15) is 0 Å². The highest BCUT2D eigenvalue weighted by atomic mass is 15.5. The topological polar surface area (TPSA) is 16.2 Å². The van der Waals surface area contributed by atoms with Crippen LogP contribution in [0.5, 0.6) is 0 Å². The van der Waals surface area contributed by atoms with Gasteiger partial charge in [-0.2, -0.15) is 0 Å². The predicted molar refractivity (Wildman–Crippen MR) is 123 cm³/mol. The van der Waals surface area contributed by atoms with E-state index in [2.05, 4.69) is 108 Å². The fourth-order valence-electron chi connectivity index (χ4n) is 3.60. The Bertz CT molecular complexity index is 664. The maximum atomic E-state index is 2.55. The van der Waals surface area contributed by atoms with Crippen molar-refractivity contribution >= 4 is 22.7 Å². The van der Waals surface area contributed by atoms with Crippen LogP contribution in [0.2, 0.25) is 0 Å². The summed E-state index contributed by atoms with van der Waals surface area (Å²) in [5, 5.41) is 0. The fraction of sp³-hybridized carbons (Fsp3) is 0.478. The third kappa shape index (κ3) is 4.90. The zero-order valence-electron chi connectivity index (χ0n) is 18.1. The van der Waals surface area contributed by atoms with Gasteiger partial charge in [0.25, 0.3) is 0 Å². The van der Waals surface area contributed by atoms with Crippen LogP contribution >= 0.6 is 0 Å². The molecular weight excluding hydrogens is 346 g/mol. The van der Waals surface area contributed by atoms with Crippen molar-refractivity contribution in [2.45, 2.75) is 19.8 Å². The predicted octanol–water partition coefficient (Wildman–Crippen LogP) is 4.12. The highest BCUT2D eigenvalue weighted by molar-refractivity contribution is 5.59. The summed E-state index contributed by atoms with van der Waals surface area (Å²) >= 11 is 0. The highest BCUT2D eigenvalue weighted by Gasteiger charge is 2.23. The van der Waals surface area contributed by atoms with E-state index in [0.29, 0.717) is 0 Å². The average Bonchev–Trinajstić information content (AvgIpc) is 2.72. The molecule has 2 aromatic carbocycles. The van der Waals surface area contributed by atoms with Gasteiger partial charge in [-0.15, -0.1) is 0 Å². The van der Waals surface area contributed by atoms with Crippen molar-refractivity contribution in [2.24, 2.45) is 0 Å². The van der Waals surface area contributed by atoms with E-state index in [1.807, 2.05) is 0 Å². The van der Waals surface area contributed by atoms with Crippen molar-refractivity contribution in [1.29, 1.82) is 0 Å². The molecule has 0 N–H and O–H groups in total. The molecule has 1 heterocycles. The number of hydrogen-bond acceptors (Lipinski definition) is 5. The molecular formula is C23H35N5. The lowest BCUT2D eigenvalue weighted by Gasteiger charge is -2.44. The summed E-state index contributed by atoms with van der Waals surface area (Å²) < 4.78 is 0. The van der Waals surface area contributed by atoms with Gasteiger partial charge in [0.2, 0.25) is 0 Å². The van der Waals surface area contributed by atoms with Crippen LogP contribution in [-0.4, -0.2) is 59.6 Å². The van der Waals surface area contributed by atoms with Crippen molar-refractivity contribution < 1.29 is 0 Å². The van der Waals surface area contributed by atoms with Gasteiger partial charge in [0.15, 0.2) is 0 Å². The molecule has 0 aromatic heterocycles. The number of benzene rings is 2. The van der Waals surface area contributed by atoms with Crippen LogP contribution in [-0.2, 0) is 0 Å². The van der Waals surface area contributed by atoms with Crippen molar-refractivity contribution in [1.82, 2.24) is 4.90 Å². The van der Waals surface area contributed by atoms with Gasteiger partial charge in [0, 0.05) is 57.5 Å². The molecule has 28 heavy (non-hydrogen) atoms. The van der Waals surface area contributed by atoms with Gasteiger partial charge in [0.1, 0.15) is 0 Å². The van der Waals surface area contributed by atoms with Crippen LogP contribution in [0, 0.1) is 0 Å². The molecule has 1 aliphatic heterocycles. The first-order chi connectivity index (χ1) is 13.5. The van der Waals surface area contributed by atoms with Gasteiger partial charge in [-0.05, 0) is 55.0 Å². The third-order valence-electron chi connectivity index (χ3n) is 5.37. The monoisotopic (exact) mass is 381 g/mol. The number of unbranched alkanes of at least 4 members (excludes halogenated alkanes) is 1. The molecule has 1 saturated heterocycles. The Kier molecular flexibility index (Phi) is 6.68.